The third kappa shape index (κ3) is 4.29. The number of aryl methyl sites for hydroxylation is 1. The summed E-state index contributed by atoms with van der Waals surface area (Å²) in [4.78, 5) is 25.1. The second kappa shape index (κ2) is 9.03. The number of halogens is 1. The van der Waals surface area contributed by atoms with Crippen LogP contribution in [0.25, 0.3) is 0 Å². The fourth-order valence-electron chi connectivity index (χ4n) is 4.05. The summed E-state index contributed by atoms with van der Waals surface area (Å²) >= 11 is 0. The normalized spacial score (nSPS) is 17.2. The van der Waals surface area contributed by atoms with Crippen LogP contribution in [0.15, 0.2) is 23.1 Å². The molecule has 0 radical (unpaired) electrons. The molecule has 1 fully saturated rings. The van der Waals surface area contributed by atoms with Gasteiger partial charge < -0.3 is 14.6 Å². The van der Waals surface area contributed by atoms with E-state index in [0.717, 1.165) is 0 Å². The Labute approximate surface area is 187 Å². The van der Waals surface area contributed by atoms with Crippen LogP contribution in [0, 0.1) is 32.5 Å². The molecule has 1 atom stereocenters. The number of anilines is 1. The SMILES string of the molecule is COC(=O)c1c(S(=O)(=O)N2CCC[C@H](C(=O)Nc3ccc(F)c(C)c3)C2)c(C)n(C)c1C. The molecule has 2 aromatic rings. The largest absolute Gasteiger partial charge is 0.465 e. The fourth-order valence-corrected chi connectivity index (χ4v) is 6.05. The molecule has 3 rings (SSSR count). The first-order valence-electron chi connectivity index (χ1n) is 10.3. The first kappa shape index (κ1) is 23.9. The molecule has 0 bridgehead atoms. The van der Waals surface area contributed by atoms with Gasteiger partial charge in [0.25, 0.3) is 0 Å². The van der Waals surface area contributed by atoms with Gasteiger partial charge in [0.15, 0.2) is 0 Å². The number of aromatic nitrogens is 1. The van der Waals surface area contributed by atoms with Crippen LogP contribution in [0.4, 0.5) is 10.1 Å². The Bertz CT molecular complexity index is 1170. The molecule has 0 spiro atoms. The number of amides is 1. The maximum atomic E-state index is 13.6. The summed E-state index contributed by atoms with van der Waals surface area (Å²) in [6, 6.07) is 4.27. The van der Waals surface area contributed by atoms with E-state index in [1.54, 1.807) is 32.4 Å². The van der Waals surface area contributed by atoms with Crippen LogP contribution in [0.3, 0.4) is 0 Å². The Morgan fingerprint density at radius 2 is 1.88 bits per heavy atom. The molecule has 10 heteroatoms. The summed E-state index contributed by atoms with van der Waals surface area (Å²) in [6.07, 6.45) is 1.02. The summed E-state index contributed by atoms with van der Waals surface area (Å²) in [5, 5.41) is 2.75. The number of carbonyl (C=O) groups is 2. The van der Waals surface area contributed by atoms with Crippen molar-refractivity contribution in [3.05, 3.63) is 46.5 Å². The van der Waals surface area contributed by atoms with E-state index in [1.165, 1.54) is 29.6 Å². The molecule has 0 unspecified atom stereocenters. The quantitative estimate of drug-likeness (QED) is 0.685. The Balaban J connectivity index is 1.87. The lowest BCUT2D eigenvalue weighted by Crippen LogP contribution is -2.44. The topological polar surface area (TPSA) is 97.7 Å². The monoisotopic (exact) mass is 465 g/mol. The van der Waals surface area contributed by atoms with Gasteiger partial charge in [0.05, 0.1) is 13.0 Å². The molecule has 0 aliphatic carbocycles. The highest BCUT2D eigenvalue weighted by Gasteiger charge is 2.38. The van der Waals surface area contributed by atoms with Crippen molar-refractivity contribution in [3.63, 3.8) is 0 Å². The van der Waals surface area contributed by atoms with E-state index >= 15 is 0 Å². The zero-order valence-corrected chi connectivity index (χ0v) is 19.7. The molecule has 1 aromatic heterocycles. The number of hydrogen-bond donors (Lipinski definition) is 1. The zero-order valence-electron chi connectivity index (χ0n) is 18.9. The molecule has 1 saturated heterocycles. The Hall–Kier alpha value is -2.72. The number of methoxy groups -OCH3 is 1. The van der Waals surface area contributed by atoms with E-state index in [9.17, 15) is 22.4 Å². The van der Waals surface area contributed by atoms with Gasteiger partial charge in [0.2, 0.25) is 15.9 Å². The van der Waals surface area contributed by atoms with Crippen molar-refractivity contribution in [2.24, 2.45) is 13.0 Å². The summed E-state index contributed by atoms with van der Waals surface area (Å²) < 4.78 is 48.3. The van der Waals surface area contributed by atoms with Crippen LogP contribution in [-0.2, 0) is 26.6 Å². The number of nitrogens with zero attached hydrogens (tertiary/aromatic N) is 2. The van der Waals surface area contributed by atoms with Gasteiger partial charge >= 0.3 is 5.97 Å². The molecular weight excluding hydrogens is 437 g/mol. The molecule has 1 aliphatic heterocycles. The van der Waals surface area contributed by atoms with E-state index in [4.69, 9.17) is 4.74 Å². The number of nitrogens with one attached hydrogen (secondary N) is 1. The molecule has 8 nitrogen and oxygen atoms in total. The van der Waals surface area contributed by atoms with Crippen LogP contribution in [0.2, 0.25) is 0 Å². The summed E-state index contributed by atoms with van der Waals surface area (Å²) in [5.74, 6) is -1.99. The minimum absolute atomic E-state index is 0.0116. The third-order valence-electron chi connectivity index (χ3n) is 6.09. The van der Waals surface area contributed by atoms with E-state index in [-0.39, 0.29) is 35.3 Å². The second-order valence-electron chi connectivity index (χ2n) is 8.08. The molecule has 1 aromatic carbocycles. The number of ether oxygens (including phenoxy) is 1. The average Bonchev–Trinajstić information content (AvgIpc) is 3.00. The smallest absolute Gasteiger partial charge is 0.341 e. The lowest BCUT2D eigenvalue weighted by molar-refractivity contribution is -0.120. The van der Waals surface area contributed by atoms with Gasteiger partial charge in [-0.25, -0.2) is 17.6 Å². The highest BCUT2D eigenvalue weighted by atomic mass is 32.2. The minimum atomic E-state index is -4.05. The number of esters is 1. The van der Waals surface area contributed by atoms with Crippen molar-refractivity contribution in [1.82, 2.24) is 8.87 Å². The zero-order chi connectivity index (χ0) is 23.8. The summed E-state index contributed by atoms with van der Waals surface area (Å²) in [7, 11) is -1.15. The first-order chi connectivity index (χ1) is 15.0. The highest BCUT2D eigenvalue weighted by Crippen LogP contribution is 2.32. The van der Waals surface area contributed by atoms with Gasteiger partial charge in [0, 0.05) is 37.2 Å². The van der Waals surface area contributed by atoms with Gasteiger partial charge in [-0.1, -0.05) is 0 Å². The van der Waals surface area contributed by atoms with Gasteiger partial charge in [-0.3, -0.25) is 4.79 Å². The van der Waals surface area contributed by atoms with E-state index < -0.39 is 21.9 Å². The standard InChI is InChI=1S/C22H28FN3O5S/c1-13-11-17(8-9-18(13)23)24-21(27)16-7-6-10-26(12-16)32(29,30)20-15(3)25(4)14(2)19(20)22(28)31-5/h8-9,11,16H,6-7,10,12H2,1-5H3,(H,24,27)/t16-/m0/s1. The molecule has 1 aliphatic rings. The van der Waals surface area contributed by atoms with E-state index in [2.05, 4.69) is 5.32 Å². The number of benzene rings is 1. The number of sulfonamides is 1. The second-order valence-corrected chi connectivity index (χ2v) is 9.96. The van der Waals surface area contributed by atoms with Crippen LogP contribution in [0.5, 0.6) is 0 Å². The molecule has 32 heavy (non-hydrogen) atoms. The summed E-state index contributed by atoms with van der Waals surface area (Å²) in [5.41, 5.74) is 1.79. The van der Waals surface area contributed by atoms with E-state index in [0.29, 0.717) is 35.5 Å². The first-order valence-corrected chi connectivity index (χ1v) is 11.7. The number of carbonyl (C=O) groups excluding carboxylic acids is 2. The fraction of sp³-hybridized carbons (Fsp3) is 0.455. The Kier molecular flexibility index (Phi) is 6.75. The van der Waals surface area contributed by atoms with Crippen molar-refractivity contribution in [2.75, 3.05) is 25.5 Å². The lowest BCUT2D eigenvalue weighted by Gasteiger charge is -2.31. The predicted octanol–water partition coefficient (Wildman–Crippen LogP) is 2.92. The number of rotatable bonds is 5. The van der Waals surface area contributed by atoms with E-state index in [1.807, 2.05) is 0 Å². The molecule has 0 saturated carbocycles. The summed E-state index contributed by atoms with van der Waals surface area (Å²) in [6.45, 7) is 5.13. The van der Waals surface area contributed by atoms with Crippen LogP contribution in [-0.4, -0.2) is 49.4 Å². The van der Waals surface area contributed by atoms with Gasteiger partial charge in [-0.15, -0.1) is 0 Å². The average molecular weight is 466 g/mol. The van der Waals surface area contributed by atoms with Crippen LogP contribution < -0.4 is 5.32 Å². The van der Waals surface area contributed by atoms with Crippen molar-refractivity contribution in [2.45, 2.75) is 38.5 Å². The van der Waals surface area contributed by atoms with Crippen LogP contribution in [0.1, 0.15) is 40.2 Å². The maximum absolute atomic E-state index is 13.6. The highest BCUT2D eigenvalue weighted by molar-refractivity contribution is 7.89. The van der Waals surface area contributed by atoms with Crippen molar-refractivity contribution in [1.29, 1.82) is 0 Å². The van der Waals surface area contributed by atoms with Crippen LogP contribution >= 0.6 is 0 Å². The maximum Gasteiger partial charge on any atom is 0.341 e. The molecule has 1 amide bonds. The Morgan fingerprint density at radius 1 is 1.19 bits per heavy atom. The molecular formula is C22H28FN3O5S. The van der Waals surface area contributed by atoms with Crippen molar-refractivity contribution >= 4 is 27.6 Å². The van der Waals surface area contributed by atoms with Gasteiger partial charge in [-0.2, -0.15) is 4.31 Å². The Morgan fingerprint density at radius 3 is 2.50 bits per heavy atom. The van der Waals surface area contributed by atoms with Gasteiger partial charge in [-0.05, 0) is 57.4 Å². The van der Waals surface area contributed by atoms with Crippen molar-refractivity contribution < 1.29 is 27.1 Å². The lowest BCUT2D eigenvalue weighted by atomic mass is 9.98. The van der Waals surface area contributed by atoms with Gasteiger partial charge in [0.1, 0.15) is 16.3 Å². The number of hydrogen-bond acceptors (Lipinski definition) is 5. The molecule has 174 valence electrons. The van der Waals surface area contributed by atoms with Crippen molar-refractivity contribution in [3.8, 4) is 0 Å². The minimum Gasteiger partial charge on any atom is -0.465 e. The molecule has 2 heterocycles. The number of piperidine rings is 1. The molecule has 1 N–H and O–H groups in total. The predicted molar refractivity (Wildman–Crippen MR) is 117 cm³/mol. The third-order valence-corrected chi connectivity index (χ3v) is 8.12.